The molecule has 0 rings (SSSR count). The third-order valence-electron chi connectivity index (χ3n) is 4.66. The highest BCUT2D eigenvalue weighted by Crippen LogP contribution is 2.17. The van der Waals surface area contributed by atoms with Crippen LogP contribution in [0.1, 0.15) is 103 Å². The second-order valence-corrected chi connectivity index (χ2v) is 6.96. The summed E-state index contributed by atoms with van der Waals surface area (Å²) in [6.07, 6.45) is 21.3. The molecule has 1 unspecified atom stereocenters. The average Bonchev–Trinajstić information content (AvgIpc) is 2.65. The Labute approximate surface area is 160 Å². The fourth-order valence-electron chi connectivity index (χ4n) is 3.05. The zero-order chi connectivity index (χ0) is 19.5. The van der Waals surface area contributed by atoms with E-state index in [1.165, 1.54) is 58.5 Å². The first-order chi connectivity index (χ1) is 12.6. The number of rotatable bonds is 17. The lowest BCUT2D eigenvalue weighted by Crippen LogP contribution is -2.17. The van der Waals surface area contributed by atoms with E-state index >= 15 is 0 Å². The van der Waals surface area contributed by atoms with Gasteiger partial charge in [-0.3, -0.25) is 4.79 Å². The van der Waals surface area contributed by atoms with E-state index in [1.807, 2.05) is 0 Å². The molecule has 0 amide bonds. The first-order valence-electron chi connectivity index (χ1n) is 10.4. The van der Waals surface area contributed by atoms with E-state index in [-0.39, 0.29) is 12.1 Å². The van der Waals surface area contributed by atoms with Gasteiger partial charge in [0.05, 0.1) is 7.11 Å². The van der Waals surface area contributed by atoms with Gasteiger partial charge in [0.2, 0.25) is 0 Å². The van der Waals surface area contributed by atoms with Gasteiger partial charge in [0.15, 0.2) is 0 Å². The number of esters is 2. The molecule has 0 aromatic rings. The smallest absolute Gasteiger partial charge is 0.384 e. The standard InChI is InChI=1S/C22H38O4/c1-4-6-7-14-17-20(26-21(23)5-2)18-15-12-10-8-9-11-13-16-19-22(24)25-3/h2,20H,4,6-19H2,1,3H3. The van der Waals surface area contributed by atoms with Crippen molar-refractivity contribution in [2.24, 2.45) is 0 Å². The van der Waals surface area contributed by atoms with Crippen molar-refractivity contribution in [1.29, 1.82) is 0 Å². The quantitative estimate of drug-likeness (QED) is 0.146. The predicted molar refractivity (Wildman–Crippen MR) is 106 cm³/mol. The predicted octanol–water partition coefficient (Wildman–Crippen LogP) is 5.58. The van der Waals surface area contributed by atoms with Gasteiger partial charge >= 0.3 is 11.9 Å². The Morgan fingerprint density at radius 2 is 1.35 bits per heavy atom. The minimum Gasteiger partial charge on any atom is -0.469 e. The number of carbonyl (C=O) groups is 2. The van der Waals surface area contributed by atoms with Crippen molar-refractivity contribution >= 4 is 11.9 Å². The van der Waals surface area contributed by atoms with E-state index in [0.29, 0.717) is 6.42 Å². The second kappa shape index (κ2) is 18.3. The zero-order valence-corrected chi connectivity index (χ0v) is 16.9. The molecule has 0 radical (unpaired) electrons. The van der Waals surface area contributed by atoms with Crippen LogP contribution in [0.5, 0.6) is 0 Å². The zero-order valence-electron chi connectivity index (χ0n) is 16.9. The van der Waals surface area contributed by atoms with Gasteiger partial charge < -0.3 is 9.47 Å². The normalized spacial score (nSPS) is 11.6. The van der Waals surface area contributed by atoms with Gasteiger partial charge in [0.1, 0.15) is 6.10 Å². The van der Waals surface area contributed by atoms with Crippen LogP contribution in [0.4, 0.5) is 0 Å². The van der Waals surface area contributed by atoms with Crippen LogP contribution in [0.2, 0.25) is 0 Å². The van der Waals surface area contributed by atoms with Gasteiger partial charge in [-0.2, -0.15) is 0 Å². The van der Waals surface area contributed by atoms with Crippen molar-refractivity contribution in [2.45, 2.75) is 109 Å². The molecule has 1 atom stereocenters. The Bertz CT molecular complexity index is 397. The summed E-state index contributed by atoms with van der Waals surface area (Å²) in [4.78, 5) is 22.3. The van der Waals surface area contributed by atoms with Crippen molar-refractivity contribution < 1.29 is 19.1 Å². The van der Waals surface area contributed by atoms with Crippen LogP contribution in [0, 0.1) is 12.3 Å². The molecule has 26 heavy (non-hydrogen) atoms. The summed E-state index contributed by atoms with van der Waals surface area (Å²) < 4.78 is 10.00. The van der Waals surface area contributed by atoms with E-state index in [0.717, 1.165) is 38.5 Å². The Morgan fingerprint density at radius 3 is 1.85 bits per heavy atom. The average molecular weight is 367 g/mol. The number of ether oxygens (including phenoxy) is 2. The molecule has 0 saturated heterocycles. The maximum absolute atomic E-state index is 11.3. The third kappa shape index (κ3) is 16.0. The highest BCUT2D eigenvalue weighted by atomic mass is 16.5. The van der Waals surface area contributed by atoms with Crippen molar-refractivity contribution in [3.63, 3.8) is 0 Å². The maximum Gasteiger partial charge on any atom is 0.384 e. The molecule has 150 valence electrons. The van der Waals surface area contributed by atoms with Crippen LogP contribution < -0.4 is 0 Å². The monoisotopic (exact) mass is 366 g/mol. The molecule has 0 fully saturated rings. The molecule has 0 saturated carbocycles. The minimum atomic E-state index is -0.530. The minimum absolute atomic E-state index is 0.0197. The Kier molecular flexibility index (Phi) is 17.2. The highest BCUT2D eigenvalue weighted by molar-refractivity contribution is 5.87. The molecular weight excluding hydrogens is 328 g/mol. The van der Waals surface area contributed by atoms with E-state index in [9.17, 15) is 9.59 Å². The van der Waals surface area contributed by atoms with Gasteiger partial charge in [-0.15, -0.1) is 6.42 Å². The summed E-state index contributed by atoms with van der Waals surface area (Å²) in [5, 5.41) is 0. The Balaban J connectivity index is 3.66. The molecule has 0 aliphatic carbocycles. The lowest BCUT2D eigenvalue weighted by Gasteiger charge is -2.16. The SMILES string of the molecule is C#CC(=O)OC(CCCCCC)CCCCCCCCCCC(=O)OC. The maximum atomic E-state index is 11.3. The summed E-state index contributed by atoms with van der Waals surface area (Å²) in [7, 11) is 1.44. The fourth-order valence-corrected chi connectivity index (χ4v) is 3.05. The molecule has 0 aromatic carbocycles. The van der Waals surface area contributed by atoms with Gasteiger partial charge in [-0.05, 0) is 32.1 Å². The van der Waals surface area contributed by atoms with E-state index in [2.05, 4.69) is 17.6 Å². The Morgan fingerprint density at radius 1 is 0.846 bits per heavy atom. The lowest BCUT2D eigenvalue weighted by molar-refractivity contribution is -0.143. The van der Waals surface area contributed by atoms with Crippen LogP contribution >= 0.6 is 0 Å². The van der Waals surface area contributed by atoms with Crippen LogP contribution in [-0.4, -0.2) is 25.2 Å². The summed E-state index contributed by atoms with van der Waals surface area (Å²) in [5.41, 5.74) is 0. The Hall–Kier alpha value is -1.50. The molecule has 4 nitrogen and oxygen atoms in total. The largest absolute Gasteiger partial charge is 0.469 e. The van der Waals surface area contributed by atoms with Gasteiger partial charge in [-0.25, -0.2) is 4.79 Å². The van der Waals surface area contributed by atoms with Gasteiger partial charge in [0.25, 0.3) is 0 Å². The number of methoxy groups -OCH3 is 1. The van der Waals surface area contributed by atoms with Crippen LogP contribution in [0.15, 0.2) is 0 Å². The van der Waals surface area contributed by atoms with E-state index in [1.54, 1.807) is 0 Å². The molecule has 0 aliphatic rings. The molecule has 4 heteroatoms. The van der Waals surface area contributed by atoms with Gasteiger partial charge in [0, 0.05) is 12.3 Å². The topological polar surface area (TPSA) is 52.6 Å². The van der Waals surface area contributed by atoms with Crippen molar-refractivity contribution in [2.75, 3.05) is 7.11 Å². The first kappa shape index (κ1) is 24.5. The summed E-state index contributed by atoms with van der Waals surface area (Å²) in [6.45, 7) is 2.19. The second-order valence-electron chi connectivity index (χ2n) is 6.96. The van der Waals surface area contributed by atoms with Gasteiger partial charge in [-0.1, -0.05) is 64.7 Å². The number of hydrogen-bond acceptors (Lipinski definition) is 4. The lowest BCUT2D eigenvalue weighted by atomic mass is 10.0. The van der Waals surface area contributed by atoms with Crippen molar-refractivity contribution in [1.82, 2.24) is 0 Å². The first-order valence-corrected chi connectivity index (χ1v) is 10.4. The van der Waals surface area contributed by atoms with E-state index in [4.69, 9.17) is 11.2 Å². The van der Waals surface area contributed by atoms with Crippen molar-refractivity contribution in [3.8, 4) is 12.3 Å². The van der Waals surface area contributed by atoms with Crippen LogP contribution in [0.25, 0.3) is 0 Å². The summed E-state index contributed by atoms with van der Waals surface area (Å²) in [5.74, 6) is 1.41. The van der Waals surface area contributed by atoms with E-state index < -0.39 is 5.97 Å². The number of hydrogen-bond donors (Lipinski definition) is 0. The summed E-state index contributed by atoms with van der Waals surface area (Å²) >= 11 is 0. The molecule has 0 bridgehead atoms. The number of terminal acetylenes is 1. The number of carbonyl (C=O) groups excluding carboxylic acids is 2. The highest BCUT2D eigenvalue weighted by Gasteiger charge is 2.12. The fraction of sp³-hybridized carbons (Fsp3) is 0.818. The van der Waals surface area contributed by atoms with Crippen LogP contribution in [0.3, 0.4) is 0 Å². The molecular formula is C22H38O4. The molecule has 0 heterocycles. The van der Waals surface area contributed by atoms with Crippen LogP contribution in [-0.2, 0) is 19.1 Å². The van der Waals surface area contributed by atoms with Crippen molar-refractivity contribution in [3.05, 3.63) is 0 Å². The summed E-state index contributed by atoms with van der Waals surface area (Å²) in [6, 6.07) is 0. The molecule has 0 aliphatic heterocycles. The molecule has 0 aromatic heterocycles. The molecule has 0 N–H and O–H groups in total. The third-order valence-corrected chi connectivity index (χ3v) is 4.66. The number of unbranched alkanes of at least 4 members (excludes halogenated alkanes) is 10. The molecule has 0 spiro atoms.